The standard InChI is InChI=1S/C19H20FN9O6S3/c20-14(6-9(21)7-35-8-30)27-38(33,34)13-5-4-10(11-2-1-3-12-16(11)24-19(22)36-12)15(17(13)37(23,31)32)18-25-28-29-26-18/h1-5,8-9,14,27H,6-7,21H2,(H2,22,24)(H2,23,31,32)(H,25,26,28,29). The Morgan fingerprint density at radius 3 is 2.61 bits per heavy atom. The van der Waals surface area contributed by atoms with Crippen molar-refractivity contribution in [2.75, 3.05) is 12.3 Å². The second-order valence-corrected chi connectivity index (χ2v) is 12.1. The lowest BCUT2D eigenvalue weighted by Crippen LogP contribution is -2.39. The molecule has 2 unspecified atom stereocenters. The number of fused-ring (bicyclic) bond motifs is 1. The first-order valence-corrected chi connectivity index (χ1v) is 14.3. The summed E-state index contributed by atoms with van der Waals surface area (Å²) in [7, 11) is -9.66. The molecule has 4 rings (SSSR count). The Morgan fingerprint density at radius 2 is 1.95 bits per heavy atom. The fraction of sp³-hybridized carbons (Fsp3) is 0.211. The zero-order chi connectivity index (χ0) is 27.7. The van der Waals surface area contributed by atoms with E-state index in [0.717, 1.165) is 6.07 Å². The van der Waals surface area contributed by atoms with E-state index in [0.29, 0.717) is 15.8 Å². The van der Waals surface area contributed by atoms with E-state index in [1.807, 2.05) is 0 Å². The fourth-order valence-corrected chi connectivity index (χ4v) is 7.17. The number of aromatic nitrogens is 5. The zero-order valence-electron chi connectivity index (χ0n) is 19.1. The van der Waals surface area contributed by atoms with Gasteiger partial charge in [-0.05, 0) is 28.1 Å². The largest absolute Gasteiger partial charge is 0.466 e. The number of sulfonamides is 2. The number of carbonyl (C=O) groups is 1. The topological polar surface area (TPSA) is 252 Å². The van der Waals surface area contributed by atoms with Gasteiger partial charge in [0.05, 0.1) is 15.8 Å². The van der Waals surface area contributed by atoms with E-state index in [2.05, 4.69) is 30.3 Å². The van der Waals surface area contributed by atoms with Crippen molar-refractivity contribution >= 4 is 53.2 Å². The Labute approximate surface area is 218 Å². The van der Waals surface area contributed by atoms with Gasteiger partial charge in [-0.15, -0.1) is 5.10 Å². The van der Waals surface area contributed by atoms with Gasteiger partial charge in [-0.2, -0.15) is 4.72 Å². The lowest BCUT2D eigenvalue weighted by Gasteiger charge is -2.19. The molecule has 0 aliphatic rings. The number of hydrogen-bond donors (Lipinski definition) is 5. The average Bonchev–Trinajstić information content (AvgIpc) is 3.49. The first kappa shape index (κ1) is 27.4. The number of aromatic amines is 1. The van der Waals surface area contributed by atoms with E-state index in [9.17, 15) is 26.0 Å². The summed E-state index contributed by atoms with van der Waals surface area (Å²) in [4.78, 5) is 12.8. The molecule has 19 heteroatoms. The van der Waals surface area contributed by atoms with E-state index in [4.69, 9.17) is 16.6 Å². The molecule has 0 spiro atoms. The minimum Gasteiger partial charge on any atom is -0.466 e. The van der Waals surface area contributed by atoms with E-state index in [-0.39, 0.29) is 35.2 Å². The van der Waals surface area contributed by atoms with Crippen LogP contribution in [-0.2, 0) is 29.6 Å². The van der Waals surface area contributed by atoms with Crippen molar-refractivity contribution in [3.05, 3.63) is 30.3 Å². The maximum absolute atomic E-state index is 14.6. The van der Waals surface area contributed by atoms with Crippen molar-refractivity contribution in [1.29, 1.82) is 0 Å². The molecule has 4 aromatic rings. The number of alkyl halides is 1. The molecule has 2 heterocycles. The first-order valence-electron chi connectivity index (χ1n) is 10.5. The minimum absolute atomic E-state index is 0.109. The molecule has 2 atom stereocenters. The molecule has 202 valence electrons. The normalized spacial score (nSPS) is 13.9. The Hall–Kier alpha value is -3.62. The summed E-state index contributed by atoms with van der Waals surface area (Å²) in [6.07, 6.45) is -2.84. The molecule has 8 N–H and O–H groups in total. The van der Waals surface area contributed by atoms with Crippen molar-refractivity contribution in [3.63, 3.8) is 0 Å². The number of halogens is 1. The van der Waals surface area contributed by atoms with Gasteiger partial charge in [0.2, 0.25) is 20.0 Å². The predicted molar refractivity (Wildman–Crippen MR) is 134 cm³/mol. The van der Waals surface area contributed by atoms with E-state index in [1.54, 1.807) is 22.9 Å². The summed E-state index contributed by atoms with van der Waals surface area (Å²) in [5.41, 5.74) is 12.1. The number of thiazole rings is 1. The molecule has 0 saturated heterocycles. The van der Waals surface area contributed by atoms with Gasteiger partial charge in [0, 0.05) is 18.0 Å². The van der Waals surface area contributed by atoms with Gasteiger partial charge < -0.3 is 16.2 Å². The molecule has 0 aliphatic carbocycles. The number of nitrogens with zero attached hydrogens (tertiary/aromatic N) is 4. The number of rotatable bonds is 11. The highest BCUT2D eigenvalue weighted by Crippen LogP contribution is 2.41. The molecule has 2 aromatic heterocycles. The van der Waals surface area contributed by atoms with Crippen molar-refractivity contribution in [3.8, 4) is 22.5 Å². The Morgan fingerprint density at radius 1 is 1.18 bits per heavy atom. The number of benzene rings is 2. The highest BCUT2D eigenvalue weighted by molar-refractivity contribution is 7.92. The fourth-order valence-electron chi connectivity index (χ4n) is 3.74. The van der Waals surface area contributed by atoms with Crippen molar-refractivity contribution in [2.45, 2.75) is 28.5 Å². The maximum Gasteiger partial charge on any atom is 0.293 e. The third-order valence-electron chi connectivity index (χ3n) is 5.17. The number of tetrazole rings is 1. The van der Waals surface area contributed by atoms with Crippen LogP contribution in [0.2, 0.25) is 0 Å². The molecule has 15 nitrogen and oxygen atoms in total. The highest BCUT2D eigenvalue weighted by atomic mass is 32.2. The number of anilines is 1. The summed E-state index contributed by atoms with van der Waals surface area (Å²) >= 11 is 1.19. The lowest BCUT2D eigenvalue weighted by molar-refractivity contribution is -0.129. The number of nitrogen functional groups attached to an aromatic ring is 1. The molecule has 0 saturated carbocycles. The summed E-state index contributed by atoms with van der Waals surface area (Å²) in [6, 6.07) is 6.25. The van der Waals surface area contributed by atoms with Crippen LogP contribution in [0.15, 0.2) is 40.1 Å². The van der Waals surface area contributed by atoms with Crippen LogP contribution in [0.25, 0.3) is 32.7 Å². The van der Waals surface area contributed by atoms with Crippen LogP contribution in [-0.4, -0.2) is 67.9 Å². The molecule has 0 amide bonds. The van der Waals surface area contributed by atoms with Crippen molar-refractivity contribution < 1.29 is 30.8 Å². The first-order chi connectivity index (χ1) is 17.9. The third kappa shape index (κ3) is 5.61. The second kappa shape index (κ2) is 10.6. The minimum atomic E-state index is -4.86. The molecule has 0 fully saturated rings. The van der Waals surface area contributed by atoms with Crippen LogP contribution in [0.5, 0.6) is 0 Å². The van der Waals surface area contributed by atoms with Crippen LogP contribution < -0.4 is 21.3 Å². The molecule has 38 heavy (non-hydrogen) atoms. The Balaban J connectivity index is 1.91. The van der Waals surface area contributed by atoms with Gasteiger partial charge in [-0.25, -0.2) is 36.4 Å². The van der Waals surface area contributed by atoms with E-state index < -0.39 is 48.6 Å². The number of para-hydroxylation sites is 1. The molecule has 2 aromatic carbocycles. The molecule has 0 aliphatic heterocycles. The smallest absolute Gasteiger partial charge is 0.293 e. The molecule has 0 bridgehead atoms. The predicted octanol–water partition coefficient (Wildman–Crippen LogP) is -0.163. The number of carbonyl (C=O) groups excluding carboxylic acids is 1. The van der Waals surface area contributed by atoms with Crippen molar-refractivity contribution in [2.24, 2.45) is 10.9 Å². The number of ether oxygens (including phenoxy) is 1. The molecular formula is C19H20FN9O6S3. The summed E-state index contributed by atoms with van der Waals surface area (Å²) < 4.78 is 73.6. The van der Waals surface area contributed by atoms with Crippen LogP contribution in [0.4, 0.5) is 9.52 Å². The number of nitrogens with two attached hydrogens (primary N) is 3. The quantitative estimate of drug-likeness (QED) is 0.114. The maximum atomic E-state index is 14.6. The lowest BCUT2D eigenvalue weighted by atomic mass is 9.98. The van der Waals surface area contributed by atoms with Gasteiger partial charge in [0.1, 0.15) is 16.4 Å². The number of nitrogens with one attached hydrogen (secondary N) is 2. The molecular weight excluding hydrogens is 565 g/mol. The average molecular weight is 586 g/mol. The summed E-state index contributed by atoms with van der Waals surface area (Å²) in [6.45, 7) is -0.254. The van der Waals surface area contributed by atoms with Crippen LogP contribution in [0, 0.1) is 0 Å². The van der Waals surface area contributed by atoms with Gasteiger partial charge in [-0.3, -0.25) is 4.79 Å². The Kier molecular flexibility index (Phi) is 7.67. The number of primary sulfonamides is 1. The van der Waals surface area contributed by atoms with E-state index >= 15 is 0 Å². The van der Waals surface area contributed by atoms with Gasteiger partial charge in [0.15, 0.2) is 17.3 Å². The number of hydrogen-bond acceptors (Lipinski definition) is 13. The molecule has 0 radical (unpaired) electrons. The van der Waals surface area contributed by atoms with Crippen LogP contribution in [0.1, 0.15) is 6.42 Å². The number of H-pyrrole nitrogens is 1. The van der Waals surface area contributed by atoms with Crippen LogP contribution in [0.3, 0.4) is 0 Å². The van der Waals surface area contributed by atoms with Crippen molar-refractivity contribution in [1.82, 2.24) is 30.3 Å². The monoisotopic (exact) mass is 585 g/mol. The third-order valence-corrected chi connectivity index (χ3v) is 8.63. The second-order valence-electron chi connectivity index (χ2n) is 7.83. The Bertz CT molecular complexity index is 1690. The van der Waals surface area contributed by atoms with E-state index in [1.165, 1.54) is 17.4 Å². The summed E-state index contributed by atoms with van der Waals surface area (Å²) in [5, 5.41) is 18.8. The zero-order valence-corrected chi connectivity index (χ0v) is 21.6. The highest BCUT2D eigenvalue weighted by Gasteiger charge is 2.33. The van der Waals surface area contributed by atoms with Gasteiger partial charge >= 0.3 is 0 Å². The summed E-state index contributed by atoms with van der Waals surface area (Å²) in [5.74, 6) is -0.230. The van der Waals surface area contributed by atoms with Crippen LogP contribution >= 0.6 is 11.3 Å². The SMILES string of the molecule is Nc1nc2c(-c3ccc(S(=O)(=O)NC(F)CC(N)COC=O)c(S(N)(=O)=O)c3-c3nnn[nH]3)cccc2s1. The van der Waals surface area contributed by atoms with Gasteiger partial charge in [-0.1, -0.05) is 29.5 Å². The van der Waals surface area contributed by atoms with Gasteiger partial charge in [0.25, 0.3) is 6.47 Å².